The highest BCUT2D eigenvalue weighted by molar-refractivity contribution is 5.67. The number of hydrogen-bond donors (Lipinski definition) is 1. The molecule has 16 heavy (non-hydrogen) atoms. The number of carboxylic acids is 1. The third kappa shape index (κ3) is 2.74. The summed E-state index contributed by atoms with van der Waals surface area (Å²) < 4.78 is 5.28. The lowest BCUT2D eigenvalue weighted by atomic mass is 9.84. The van der Waals surface area contributed by atoms with E-state index < -0.39 is 5.97 Å². The van der Waals surface area contributed by atoms with Crippen molar-refractivity contribution in [1.82, 2.24) is 4.90 Å². The Morgan fingerprint density at radius 1 is 1.50 bits per heavy atom. The lowest BCUT2D eigenvalue weighted by Crippen LogP contribution is -2.51. The van der Waals surface area contributed by atoms with E-state index in [2.05, 4.69) is 4.90 Å². The van der Waals surface area contributed by atoms with Crippen LogP contribution >= 0.6 is 0 Å². The van der Waals surface area contributed by atoms with Crippen LogP contribution in [0.5, 0.6) is 0 Å². The Bertz CT molecular complexity index is 251. The Labute approximate surface area is 96.6 Å². The van der Waals surface area contributed by atoms with Crippen molar-refractivity contribution in [2.75, 3.05) is 20.2 Å². The van der Waals surface area contributed by atoms with Gasteiger partial charge < -0.3 is 9.84 Å². The van der Waals surface area contributed by atoms with Crippen LogP contribution in [0.2, 0.25) is 0 Å². The van der Waals surface area contributed by atoms with E-state index in [1.807, 2.05) is 0 Å². The molecule has 1 aliphatic carbocycles. The Kier molecular flexibility index (Phi) is 3.82. The standard InChI is InChI=1S/C12H21NO3/c1-16-11-6-10(7-11)13-4-2-3-9(8-13)5-12(14)15/h9-11H,2-8H2,1H3,(H,14,15). The molecule has 0 aromatic carbocycles. The van der Waals surface area contributed by atoms with Crippen LogP contribution in [-0.4, -0.2) is 48.3 Å². The lowest BCUT2D eigenvalue weighted by Gasteiger charge is -2.45. The van der Waals surface area contributed by atoms with Gasteiger partial charge >= 0.3 is 5.97 Å². The molecule has 1 heterocycles. The molecule has 2 aliphatic rings. The van der Waals surface area contributed by atoms with Crippen molar-refractivity contribution in [2.45, 2.75) is 44.2 Å². The third-order valence-corrected chi connectivity index (χ3v) is 3.93. The first-order valence-electron chi connectivity index (χ1n) is 6.17. The van der Waals surface area contributed by atoms with Crippen LogP contribution in [0.1, 0.15) is 32.1 Å². The van der Waals surface area contributed by atoms with Gasteiger partial charge in [0, 0.05) is 26.1 Å². The van der Waals surface area contributed by atoms with Crippen molar-refractivity contribution in [2.24, 2.45) is 5.92 Å². The molecule has 0 aromatic heterocycles. The van der Waals surface area contributed by atoms with Crippen LogP contribution in [0.15, 0.2) is 0 Å². The van der Waals surface area contributed by atoms with Gasteiger partial charge in [0.05, 0.1) is 6.10 Å². The predicted molar refractivity (Wildman–Crippen MR) is 60.4 cm³/mol. The van der Waals surface area contributed by atoms with Gasteiger partial charge in [-0.25, -0.2) is 0 Å². The molecule has 1 N–H and O–H groups in total. The second-order valence-electron chi connectivity index (χ2n) is 5.08. The van der Waals surface area contributed by atoms with E-state index in [-0.39, 0.29) is 0 Å². The fourth-order valence-electron chi connectivity index (χ4n) is 2.87. The van der Waals surface area contributed by atoms with Crippen LogP contribution < -0.4 is 0 Å². The smallest absolute Gasteiger partial charge is 0.303 e. The molecule has 0 bridgehead atoms. The molecule has 1 atom stereocenters. The van der Waals surface area contributed by atoms with Crippen LogP contribution in [0.3, 0.4) is 0 Å². The summed E-state index contributed by atoms with van der Waals surface area (Å²) in [5, 5.41) is 8.80. The maximum atomic E-state index is 10.7. The number of aliphatic carboxylic acids is 1. The largest absolute Gasteiger partial charge is 0.481 e. The second-order valence-corrected chi connectivity index (χ2v) is 5.08. The molecule has 4 heteroatoms. The van der Waals surface area contributed by atoms with Crippen LogP contribution in [-0.2, 0) is 9.53 Å². The van der Waals surface area contributed by atoms with Crippen LogP contribution in [0.25, 0.3) is 0 Å². The number of piperidine rings is 1. The van der Waals surface area contributed by atoms with Gasteiger partial charge in [-0.15, -0.1) is 0 Å². The van der Waals surface area contributed by atoms with Gasteiger partial charge in [-0.05, 0) is 38.1 Å². The van der Waals surface area contributed by atoms with Crippen LogP contribution in [0.4, 0.5) is 0 Å². The number of likely N-dealkylation sites (tertiary alicyclic amines) is 1. The number of rotatable bonds is 4. The zero-order valence-electron chi connectivity index (χ0n) is 9.89. The van der Waals surface area contributed by atoms with Gasteiger partial charge in [-0.1, -0.05) is 0 Å². The van der Waals surface area contributed by atoms with Gasteiger partial charge in [0.1, 0.15) is 0 Å². The monoisotopic (exact) mass is 227 g/mol. The normalized spacial score (nSPS) is 35.7. The molecule has 4 nitrogen and oxygen atoms in total. The molecular weight excluding hydrogens is 206 g/mol. The number of carboxylic acid groups (broad SMARTS) is 1. The molecule has 1 saturated heterocycles. The van der Waals surface area contributed by atoms with Gasteiger partial charge in [-0.2, -0.15) is 0 Å². The Balaban J connectivity index is 1.76. The summed E-state index contributed by atoms with van der Waals surface area (Å²) in [5.74, 6) is -0.303. The highest BCUT2D eigenvalue weighted by atomic mass is 16.5. The minimum atomic E-state index is -0.657. The van der Waals surface area contributed by atoms with E-state index in [1.54, 1.807) is 7.11 Å². The van der Waals surface area contributed by atoms with Crippen molar-refractivity contribution < 1.29 is 14.6 Å². The molecule has 1 unspecified atom stereocenters. The predicted octanol–water partition coefficient (Wildman–Crippen LogP) is 1.35. The number of nitrogens with zero attached hydrogens (tertiary/aromatic N) is 1. The third-order valence-electron chi connectivity index (χ3n) is 3.93. The first kappa shape index (κ1) is 11.9. The van der Waals surface area contributed by atoms with Gasteiger partial charge in [0.2, 0.25) is 0 Å². The maximum absolute atomic E-state index is 10.7. The number of methoxy groups -OCH3 is 1. The average Bonchev–Trinajstić information content (AvgIpc) is 2.15. The summed E-state index contributed by atoms with van der Waals surface area (Å²) in [5.41, 5.74) is 0. The first-order valence-corrected chi connectivity index (χ1v) is 6.17. The minimum absolute atomic E-state index is 0.330. The fourth-order valence-corrected chi connectivity index (χ4v) is 2.87. The molecule has 0 aromatic rings. The quantitative estimate of drug-likeness (QED) is 0.787. The molecule has 0 radical (unpaired) electrons. The van der Waals surface area contributed by atoms with E-state index in [0.29, 0.717) is 24.5 Å². The number of ether oxygens (including phenoxy) is 1. The van der Waals surface area contributed by atoms with E-state index >= 15 is 0 Å². The second kappa shape index (κ2) is 5.15. The van der Waals surface area contributed by atoms with Crippen molar-refractivity contribution >= 4 is 5.97 Å². The van der Waals surface area contributed by atoms with E-state index in [1.165, 1.54) is 0 Å². The molecule has 2 fully saturated rings. The van der Waals surface area contributed by atoms with Gasteiger partial charge in [0.15, 0.2) is 0 Å². The fraction of sp³-hybridized carbons (Fsp3) is 0.917. The zero-order chi connectivity index (χ0) is 11.5. The topological polar surface area (TPSA) is 49.8 Å². The van der Waals surface area contributed by atoms with Gasteiger partial charge in [0.25, 0.3) is 0 Å². The van der Waals surface area contributed by atoms with Crippen molar-refractivity contribution in [3.8, 4) is 0 Å². The Morgan fingerprint density at radius 2 is 2.25 bits per heavy atom. The lowest BCUT2D eigenvalue weighted by molar-refractivity contribution is -0.138. The summed E-state index contributed by atoms with van der Waals surface area (Å²) in [7, 11) is 1.77. The minimum Gasteiger partial charge on any atom is -0.481 e. The summed E-state index contributed by atoms with van der Waals surface area (Å²) in [6, 6.07) is 0.640. The van der Waals surface area contributed by atoms with Crippen molar-refractivity contribution in [3.05, 3.63) is 0 Å². The molecule has 0 amide bonds. The van der Waals surface area contributed by atoms with Crippen molar-refractivity contribution in [1.29, 1.82) is 0 Å². The summed E-state index contributed by atoms with van der Waals surface area (Å²) in [6.45, 7) is 2.10. The SMILES string of the molecule is COC1CC(N2CCCC(CC(=O)O)C2)C1. The summed E-state index contributed by atoms with van der Waals surface area (Å²) in [6.07, 6.45) is 5.23. The zero-order valence-corrected chi connectivity index (χ0v) is 9.89. The summed E-state index contributed by atoms with van der Waals surface area (Å²) in [4.78, 5) is 13.2. The van der Waals surface area contributed by atoms with E-state index in [9.17, 15) is 4.79 Å². The number of hydrogen-bond acceptors (Lipinski definition) is 3. The van der Waals surface area contributed by atoms with E-state index in [4.69, 9.17) is 9.84 Å². The Morgan fingerprint density at radius 3 is 2.88 bits per heavy atom. The molecule has 0 spiro atoms. The van der Waals surface area contributed by atoms with Crippen LogP contribution in [0, 0.1) is 5.92 Å². The highest BCUT2D eigenvalue weighted by Gasteiger charge is 2.36. The molecule has 92 valence electrons. The number of carbonyl (C=O) groups is 1. The highest BCUT2D eigenvalue weighted by Crippen LogP contribution is 2.31. The molecule has 1 saturated carbocycles. The molecule has 1 aliphatic heterocycles. The van der Waals surface area contributed by atoms with E-state index in [0.717, 1.165) is 38.8 Å². The Hall–Kier alpha value is -0.610. The average molecular weight is 227 g/mol. The van der Waals surface area contributed by atoms with Gasteiger partial charge in [-0.3, -0.25) is 9.69 Å². The summed E-state index contributed by atoms with van der Waals surface area (Å²) >= 11 is 0. The molecular formula is C12H21NO3. The molecule has 2 rings (SSSR count). The van der Waals surface area contributed by atoms with Crippen molar-refractivity contribution in [3.63, 3.8) is 0 Å². The maximum Gasteiger partial charge on any atom is 0.303 e. The first-order chi connectivity index (χ1) is 7.69.